The fraction of sp³-hybridized carbons (Fsp3) is 0.615. The minimum Gasteiger partial charge on any atom is -0.396 e. The van der Waals surface area contributed by atoms with E-state index in [-0.39, 0.29) is 24.1 Å². The first-order valence-electron chi connectivity index (χ1n) is 12.6. The lowest BCUT2D eigenvalue weighted by molar-refractivity contribution is 0.118. The first-order chi connectivity index (χ1) is 16.4. The summed E-state index contributed by atoms with van der Waals surface area (Å²) < 4.78 is 2.03. The first-order valence-corrected chi connectivity index (χ1v) is 12.6. The monoisotopic (exact) mass is 466 g/mol. The topological polar surface area (TPSA) is 99.9 Å². The van der Waals surface area contributed by atoms with Crippen LogP contribution in [0.5, 0.6) is 0 Å². The summed E-state index contributed by atoms with van der Waals surface area (Å²) in [5.74, 6) is 1.10. The molecule has 1 fully saturated rings. The summed E-state index contributed by atoms with van der Waals surface area (Å²) in [7, 11) is 0. The second kappa shape index (κ2) is 10.8. The second-order valence-electron chi connectivity index (χ2n) is 10.2. The Balaban J connectivity index is 1.70. The van der Waals surface area contributed by atoms with Crippen LogP contribution in [0.3, 0.4) is 0 Å². The van der Waals surface area contributed by atoms with E-state index in [9.17, 15) is 9.90 Å². The number of H-pyrrole nitrogens is 1. The molecule has 1 aliphatic carbocycles. The molecule has 0 spiro atoms. The number of pyridine rings is 1. The molecule has 0 saturated heterocycles. The normalized spacial score (nSPS) is 16.1. The molecule has 1 saturated carbocycles. The Bertz CT molecular complexity index is 1160. The van der Waals surface area contributed by atoms with Crippen molar-refractivity contribution in [2.24, 2.45) is 5.92 Å². The molecule has 3 aromatic rings. The molecule has 1 aliphatic rings. The van der Waals surface area contributed by atoms with Crippen LogP contribution in [0, 0.1) is 19.8 Å². The highest BCUT2D eigenvalue weighted by molar-refractivity contribution is 5.80. The van der Waals surface area contributed by atoms with Gasteiger partial charge in [0.2, 0.25) is 0 Å². The van der Waals surface area contributed by atoms with E-state index in [4.69, 9.17) is 0 Å². The number of hydrogen-bond donors (Lipinski definition) is 2. The predicted molar refractivity (Wildman–Crippen MR) is 134 cm³/mol. The molecule has 184 valence electrons. The molecular weight excluding hydrogens is 428 g/mol. The molecule has 0 bridgehead atoms. The fourth-order valence-corrected chi connectivity index (χ4v) is 5.31. The molecule has 2 aromatic heterocycles. The van der Waals surface area contributed by atoms with E-state index in [0.29, 0.717) is 25.6 Å². The molecule has 2 N–H and O–H groups in total. The molecule has 2 heterocycles. The van der Waals surface area contributed by atoms with Gasteiger partial charge in [0, 0.05) is 30.8 Å². The van der Waals surface area contributed by atoms with Gasteiger partial charge in [-0.1, -0.05) is 33.1 Å². The Kier molecular flexibility index (Phi) is 7.78. The van der Waals surface area contributed by atoms with Crippen LogP contribution in [0.15, 0.2) is 23.0 Å². The van der Waals surface area contributed by atoms with E-state index in [0.717, 1.165) is 40.7 Å². The van der Waals surface area contributed by atoms with E-state index in [1.54, 1.807) is 0 Å². The summed E-state index contributed by atoms with van der Waals surface area (Å²) in [4.78, 5) is 18.4. The Hall–Kier alpha value is -2.58. The third kappa shape index (κ3) is 5.23. The smallest absolute Gasteiger partial charge is 0.252 e. The molecule has 1 aromatic carbocycles. The van der Waals surface area contributed by atoms with Crippen molar-refractivity contribution in [1.82, 2.24) is 30.1 Å². The molecule has 34 heavy (non-hydrogen) atoms. The van der Waals surface area contributed by atoms with Crippen LogP contribution in [0.25, 0.3) is 10.9 Å². The number of aryl methyl sites for hydroxylation is 2. The van der Waals surface area contributed by atoms with E-state index >= 15 is 0 Å². The first kappa shape index (κ1) is 24.5. The molecule has 4 rings (SSSR count). The average molecular weight is 467 g/mol. The number of aromatic amines is 1. The van der Waals surface area contributed by atoms with Gasteiger partial charge >= 0.3 is 0 Å². The van der Waals surface area contributed by atoms with Gasteiger partial charge in [0.05, 0.1) is 12.1 Å². The number of fused-ring (bicyclic) bond motifs is 1. The van der Waals surface area contributed by atoms with Crippen LogP contribution in [-0.4, -0.2) is 48.3 Å². The maximum absolute atomic E-state index is 13.1. The molecular formula is C26H38N6O2. The zero-order valence-electron chi connectivity index (χ0n) is 20.9. The van der Waals surface area contributed by atoms with Crippen molar-refractivity contribution in [3.63, 3.8) is 0 Å². The van der Waals surface area contributed by atoms with Gasteiger partial charge in [-0.2, -0.15) is 0 Å². The molecule has 0 radical (unpaired) electrons. The average Bonchev–Trinajstić information content (AvgIpc) is 3.29. The number of aromatic nitrogens is 5. The zero-order chi connectivity index (χ0) is 24.2. The lowest BCUT2D eigenvalue weighted by atomic mass is 9.94. The van der Waals surface area contributed by atoms with E-state index < -0.39 is 0 Å². The van der Waals surface area contributed by atoms with Gasteiger partial charge in [0.1, 0.15) is 0 Å². The van der Waals surface area contributed by atoms with E-state index in [2.05, 4.69) is 59.2 Å². The van der Waals surface area contributed by atoms with Crippen LogP contribution in [-0.2, 0) is 6.54 Å². The fourth-order valence-electron chi connectivity index (χ4n) is 5.31. The number of aliphatic hydroxyl groups is 1. The SMILES string of the molecule is Cc1cc2cc(CN(CCCO)[C@@H](c3nnnn3C3CCCCC3)C(C)C)c(=O)[nH]c2cc1C. The van der Waals surface area contributed by atoms with Gasteiger partial charge in [-0.05, 0) is 84.2 Å². The Morgan fingerprint density at radius 1 is 1.15 bits per heavy atom. The standard InChI is InChI=1S/C26H38N6O2/c1-17(2)24(25-28-29-30-32(25)22-9-6-5-7-10-22)31(11-8-12-33)16-21-15-20-13-18(3)19(4)14-23(20)27-26(21)34/h13-15,17,22,24,33H,5-12,16H2,1-4H3,(H,27,34)/t24-/m1/s1. The van der Waals surface area contributed by atoms with Crippen molar-refractivity contribution in [1.29, 1.82) is 0 Å². The summed E-state index contributed by atoms with van der Waals surface area (Å²) in [5, 5.41) is 23.6. The van der Waals surface area contributed by atoms with Gasteiger partial charge in [-0.25, -0.2) is 4.68 Å². The van der Waals surface area contributed by atoms with Crippen molar-refractivity contribution in [2.75, 3.05) is 13.2 Å². The lowest BCUT2D eigenvalue weighted by Crippen LogP contribution is -2.37. The van der Waals surface area contributed by atoms with Gasteiger partial charge in [0.25, 0.3) is 5.56 Å². The minimum atomic E-state index is -0.0702. The summed E-state index contributed by atoms with van der Waals surface area (Å²) in [6, 6.07) is 6.45. The highest BCUT2D eigenvalue weighted by Crippen LogP contribution is 2.34. The number of benzene rings is 1. The van der Waals surface area contributed by atoms with Gasteiger partial charge in [-0.15, -0.1) is 5.10 Å². The highest BCUT2D eigenvalue weighted by Gasteiger charge is 2.32. The number of nitrogens with one attached hydrogen (secondary N) is 1. The number of nitrogens with zero attached hydrogens (tertiary/aromatic N) is 5. The summed E-state index contributed by atoms with van der Waals surface area (Å²) >= 11 is 0. The zero-order valence-corrected chi connectivity index (χ0v) is 20.9. The predicted octanol–water partition coefficient (Wildman–Crippen LogP) is 4.22. The largest absolute Gasteiger partial charge is 0.396 e. The van der Waals surface area contributed by atoms with Crippen LogP contribution < -0.4 is 5.56 Å². The van der Waals surface area contributed by atoms with Crippen molar-refractivity contribution in [3.8, 4) is 0 Å². The molecule has 0 aliphatic heterocycles. The number of hydrogen-bond acceptors (Lipinski definition) is 6. The van der Waals surface area contributed by atoms with Crippen LogP contribution in [0.2, 0.25) is 0 Å². The van der Waals surface area contributed by atoms with Gasteiger partial charge in [-0.3, -0.25) is 9.69 Å². The summed E-state index contributed by atoms with van der Waals surface area (Å²) in [5.41, 5.74) is 3.87. The second-order valence-corrected chi connectivity index (χ2v) is 10.2. The molecule has 8 nitrogen and oxygen atoms in total. The Morgan fingerprint density at radius 3 is 2.59 bits per heavy atom. The number of tetrazole rings is 1. The Labute approximate surface area is 201 Å². The maximum Gasteiger partial charge on any atom is 0.252 e. The summed E-state index contributed by atoms with van der Waals surface area (Å²) in [6.45, 7) is 9.72. The quantitative estimate of drug-likeness (QED) is 0.490. The van der Waals surface area contributed by atoms with Gasteiger partial charge < -0.3 is 10.1 Å². The van der Waals surface area contributed by atoms with E-state index in [1.807, 2.05) is 16.8 Å². The molecule has 0 amide bonds. The third-order valence-corrected chi connectivity index (χ3v) is 7.24. The van der Waals surface area contributed by atoms with Gasteiger partial charge in [0.15, 0.2) is 5.82 Å². The molecule has 8 heteroatoms. The van der Waals surface area contributed by atoms with Crippen molar-refractivity contribution < 1.29 is 5.11 Å². The lowest BCUT2D eigenvalue weighted by Gasteiger charge is -2.34. The maximum atomic E-state index is 13.1. The van der Waals surface area contributed by atoms with E-state index in [1.165, 1.54) is 24.8 Å². The third-order valence-electron chi connectivity index (χ3n) is 7.24. The Morgan fingerprint density at radius 2 is 1.88 bits per heavy atom. The van der Waals surface area contributed by atoms with Crippen molar-refractivity contribution in [3.05, 3.63) is 51.1 Å². The minimum absolute atomic E-state index is 0.0571. The summed E-state index contributed by atoms with van der Waals surface area (Å²) in [6.07, 6.45) is 6.50. The molecule has 1 atom stereocenters. The highest BCUT2D eigenvalue weighted by atomic mass is 16.3. The molecule has 0 unspecified atom stereocenters. The van der Waals surface area contributed by atoms with Crippen LogP contribution in [0.4, 0.5) is 0 Å². The van der Waals surface area contributed by atoms with Crippen LogP contribution in [0.1, 0.15) is 87.0 Å². The van der Waals surface area contributed by atoms with Crippen molar-refractivity contribution in [2.45, 2.75) is 84.8 Å². The number of rotatable bonds is 9. The number of aliphatic hydroxyl groups excluding tert-OH is 1. The van der Waals surface area contributed by atoms with Crippen molar-refractivity contribution >= 4 is 10.9 Å². The van der Waals surface area contributed by atoms with Crippen LogP contribution >= 0.6 is 0 Å².